The van der Waals surface area contributed by atoms with Gasteiger partial charge in [-0.15, -0.1) is 11.3 Å². The van der Waals surface area contributed by atoms with Gasteiger partial charge >= 0.3 is 0 Å². The van der Waals surface area contributed by atoms with Gasteiger partial charge in [0.05, 0.1) is 5.41 Å². The summed E-state index contributed by atoms with van der Waals surface area (Å²) in [4.78, 5) is 0. The molecule has 0 unspecified atom stereocenters. The molecular formula is C43H38S. The Morgan fingerprint density at radius 1 is 0.477 bits per heavy atom. The fourth-order valence-electron chi connectivity index (χ4n) is 7.73. The summed E-state index contributed by atoms with van der Waals surface area (Å²) in [6.07, 6.45) is 0. The molecule has 0 amide bonds. The molecule has 0 nitrogen and oxygen atoms in total. The summed E-state index contributed by atoms with van der Waals surface area (Å²) in [5.41, 5.74) is 10.5. The van der Waals surface area contributed by atoms with E-state index in [1.807, 2.05) is 11.3 Å². The van der Waals surface area contributed by atoms with Crippen molar-refractivity contribution in [3.8, 4) is 11.1 Å². The van der Waals surface area contributed by atoms with Gasteiger partial charge in [0.2, 0.25) is 0 Å². The van der Waals surface area contributed by atoms with Gasteiger partial charge in [0.15, 0.2) is 0 Å². The molecule has 0 saturated carbocycles. The van der Waals surface area contributed by atoms with E-state index in [1.54, 1.807) is 0 Å². The van der Waals surface area contributed by atoms with Crippen LogP contribution in [0, 0.1) is 0 Å². The second kappa shape index (κ2) is 9.40. The van der Waals surface area contributed by atoms with Gasteiger partial charge in [0.25, 0.3) is 0 Å². The summed E-state index contributed by atoms with van der Waals surface area (Å²) < 4.78 is 2.72. The number of hydrogen-bond donors (Lipinski definition) is 0. The smallest absolute Gasteiger partial charge is 0.0714 e. The SMILES string of the molecule is CC(C)(C)c1ccc2c(c1)sc1cc3c(cc12)C(c1ccccc1)(c1ccccc1)c1cccc2c(C(C)(C)C)ccc-3c12. The van der Waals surface area contributed by atoms with Crippen molar-refractivity contribution in [3.05, 3.63) is 155 Å². The fourth-order valence-corrected chi connectivity index (χ4v) is 8.90. The lowest BCUT2D eigenvalue weighted by atomic mass is 9.59. The molecule has 6 aromatic carbocycles. The average Bonchev–Trinajstić information content (AvgIpc) is 3.37. The maximum Gasteiger partial charge on any atom is 0.0714 e. The Balaban J connectivity index is 1.59. The highest BCUT2D eigenvalue weighted by Gasteiger charge is 2.45. The Morgan fingerprint density at radius 3 is 1.77 bits per heavy atom. The number of benzene rings is 6. The number of hydrogen-bond acceptors (Lipinski definition) is 1. The van der Waals surface area contributed by atoms with Crippen LogP contribution in [0.2, 0.25) is 0 Å². The van der Waals surface area contributed by atoms with Gasteiger partial charge in [0.1, 0.15) is 0 Å². The maximum atomic E-state index is 2.54. The lowest BCUT2D eigenvalue weighted by molar-refractivity contribution is 0.591. The minimum absolute atomic E-state index is 0.0276. The molecule has 44 heavy (non-hydrogen) atoms. The standard InChI is InChI=1S/C43H38S/c1-41(2,3)29-20-21-30-34-25-37-33(26-39(34)44-38(30)24-29)31-22-23-35(42(4,5)6)32-18-13-19-36(40(31)32)43(37,27-14-9-7-10-15-27)28-16-11-8-12-17-28/h7-26H,1-6H3. The molecular weight excluding hydrogens is 549 g/mol. The Morgan fingerprint density at radius 2 is 1.14 bits per heavy atom. The van der Waals surface area contributed by atoms with E-state index in [9.17, 15) is 0 Å². The zero-order chi connectivity index (χ0) is 30.4. The fraction of sp³-hybridized carbons (Fsp3) is 0.209. The van der Waals surface area contributed by atoms with Gasteiger partial charge in [-0.25, -0.2) is 0 Å². The second-order valence-electron chi connectivity index (χ2n) is 14.6. The summed E-state index contributed by atoms with van der Waals surface area (Å²) >= 11 is 1.93. The molecule has 1 heterocycles. The van der Waals surface area contributed by atoms with Gasteiger partial charge in [0, 0.05) is 20.2 Å². The molecule has 0 N–H and O–H groups in total. The summed E-state index contributed by atoms with van der Waals surface area (Å²) in [7, 11) is 0. The van der Waals surface area contributed by atoms with Gasteiger partial charge in [-0.1, -0.05) is 145 Å². The van der Waals surface area contributed by atoms with E-state index in [0.29, 0.717) is 0 Å². The highest BCUT2D eigenvalue weighted by atomic mass is 32.1. The van der Waals surface area contributed by atoms with E-state index in [1.165, 1.54) is 75.5 Å². The van der Waals surface area contributed by atoms with E-state index in [4.69, 9.17) is 0 Å². The largest absolute Gasteiger partial charge is 0.135 e. The molecule has 8 rings (SSSR count). The molecule has 216 valence electrons. The van der Waals surface area contributed by atoms with Crippen LogP contribution >= 0.6 is 11.3 Å². The molecule has 7 aromatic rings. The summed E-state index contributed by atoms with van der Waals surface area (Å²) in [5.74, 6) is 0. The quantitative estimate of drug-likeness (QED) is 0.189. The Kier molecular flexibility index (Phi) is 5.84. The van der Waals surface area contributed by atoms with Crippen molar-refractivity contribution in [3.63, 3.8) is 0 Å². The van der Waals surface area contributed by atoms with Gasteiger partial charge < -0.3 is 0 Å². The number of rotatable bonds is 2. The van der Waals surface area contributed by atoms with Crippen LogP contribution in [-0.2, 0) is 16.2 Å². The van der Waals surface area contributed by atoms with Crippen LogP contribution in [0.4, 0.5) is 0 Å². The molecule has 0 saturated heterocycles. The van der Waals surface area contributed by atoms with E-state index in [0.717, 1.165) is 0 Å². The first-order valence-corrected chi connectivity index (χ1v) is 16.6. The predicted molar refractivity (Wildman–Crippen MR) is 192 cm³/mol. The summed E-state index contributed by atoms with van der Waals surface area (Å²) in [6, 6.07) is 46.4. The Bertz CT molecular complexity index is 2180. The molecule has 0 spiro atoms. The summed E-state index contributed by atoms with van der Waals surface area (Å²) in [5, 5.41) is 5.45. The van der Waals surface area contributed by atoms with Crippen LogP contribution in [0.25, 0.3) is 42.1 Å². The molecule has 0 fully saturated rings. The normalized spacial score (nSPS) is 14.3. The van der Waals surface area contributed by atoms with Crippen LogP contribution in [0.5, 0.6) is 0 Å². The molecule has 0 atom stereocenters. The highest BCUT2D eigenvalue weighted by Crippen LogP contribution is 2.57. The van der Waals surface area contributed by atoms with Crippen LogP contribution in [0.1, 0.15) is 74.9 Å². The minimum Gasteiger partial charge on any atom is -0.135 e. The number of fused-ring (bicyclic) bond motifs is 5. The third-order valence-corrected chi connectivity index (χ3v) is 11.0. The van der Waals surface area contributed by atoms with Gasteiger partial charge in [-0.3, -0.25) is 0 Å². The number of thiophene rings is 1. The molecule has 0 radical (unpaired) electrons. The van der Waals surface area contributed by atoms with Crippen molar-refractivity contribution in [2.75, 3.05) is 0 Å². The topological polar surface area (TPSA) is 0 Å². The van der Waals surface area contributed by atoms with E-state index >= 15 is 0 Å². The monoisotopic (exact) mass is 586 g/mol. The Hall–Kier alpha value is -4.20. The van der Waals surface area contributed by atoms with Crippen LogP contribution in [0.15, 0.2) is 121 Å². The van der Waals surface area contributed by atoms with Crippen LogP contribution in [-0.4, -0.2) is 0 Å². The minimum atomic E-state index is -0.464. The third kappa shape index (κ3) is 3.82. The maximum absolute atomic E-state index is 2.54. The van der Waals surface area contributed by atoms with Crippen LogP contribution < -0.4 is 0 Å². The van der Waals surface area contributed by atoms with Gasteiger partial charge in [-0.2, -0.15) is 0 Å². The third-order valence-electron chi connectivity index (χ3n) is 9.84. The van der Waals surface area contributed by atoms with Crippen molar-refractivity contribution < 1.29 is 0 Å². The van der Waals surface area contributed by atoms with Crippen molar-refractivity contribution >= 4 is 42.3 Å². The van der Waals surface area contributed by atoms with Crippen molar-refractivity contribution in [1.29, 1.82) is 0 Å². The first-order chi connectivity index (χ1) is 21.1. The second-order valence-corrected chi connectivity index (χ2v) is 15.7. The highest BCUT2D eigenvalue weighted by molar-refractivity contribution is 7.25. The predicted octanol–water partition coefficient (Wildman–Crippen LogP) is 12.2. The van der Waals surface area contributed by atoms with Crippen molar-refractivity contribution in [2.24, 2.45) is 0 Å². The first kappa shape index (κ1) is 27.4. The molecule has 1 aromatic heterocycles. The van der Waals surface area contributed by atoms with Crippen molar-refractivity contribution in [1.82, 2.24) is 0 Å². The van der Waals surface area contributed by atoms with Crippen LogP contribution in [0.3, 0.4) is 0 Å². The lowest BCUT2D eigenvalue weighted by Gasteiger charge is -2.42. The van der Waals surface area contributed by atoms with Gasteiger partial charge in [-0.05, 0) is 84.3 Å². The first-order valence-electron chi connectivity index (χ1n) is 15.8. The average molecular weight is 587 g/mol. The van der Waals surface area contributed by atoms with E-state index in [-0.39, 0.29) is 10.8 Å². The zero-order valence-electron chi connectivity index (χ0n) is 26.5. The molecule has 1 aliphatic rings. The molecule has 0 aliphatic heterocycles. The lowest BCUT2D eigenvalue weighted by Crippen LogP contribution is -2.34. The van der Waals surface area contributed by atoms with E-state index < -0.39 is 5.41 Å². The Labute approximate surface area is 265 Å². The summed E-state index contributed by atoms with van der Waals surface area (Å²) in [6.45, 7) is 13.9. The zero-order valence-corrected chi connectivity index (χ0v) is 27.3. The molecule has 1 aliphatic carbocycles. The van der Waals surface area contributed by atoms with E-state index in [2.05, 4.69) is 163 Å². The van der Waals surface area contributed by atoms with Crippen molar-refractivity contribution in [2.45, 2.75) is 57.8 Å². The molecule has 1 heteroatoms. The molecule has 0 bridgehead atoms.